The molecule has 1 saturated carbocycles. The average molecular weight is 420 g/mol. The molecule has 2 atom stereocenters. The summed E-state index contributed by atoms with van der Waals surface area (Å²) < 4.78 is 18.8. The molecular weight excluding hydrogens is 393 g/mol. The molecule has 0 aliphatic heterocycles. The normalized spacial score (nSPS) is 18.0. The van der Waals surface area contributed by atoms with Gasteiger partial charge in [-0.25, -0.2) is 9.37 Å². The molecule has 1 fully saturated rings. The van der Waals surface area contributed by atoms with E-state index in [1.807, 2.05) is 24.3 Å². The lowest BCUT2D eigenvalue weighted by Gasteiger charge is -2.14. The fraction of sp³-hybridized carbons (Fsp3) is 0.280. The molecule has 1 aliphatic carbocycles. The molecule has 0 bridgehead atoms. The Labute approximate surface area is 181 Å². The number of nitrogens with zero attached hydrogens (tertiary/aromatic N) is 1. The van der Waals surface area contributed by atoms with Crippen LogP contribution >= 0.6 is 0 Å². The molecule has 0 saturated heterocycles. The third-order valence-electron chi connectivity index (χ3n) is 5.73. The lowest BCUT2D eigenvalue weighted by molar-refractivity contribution is -0.119. The second-order valence-electron chi connectivity index (χ2n) is 7.84. The summed E-state index contributed by atoms with van der Waals surface area (Å²) in [7, 11) is 1.50. The maximum Gasteiger partial charge on any atom is 0.228 e. The number of halogens is 1. The number of anilines is 1. The zero-order chi connectivity index (χ0) is 21.6. The van der Waals surface area contributed by atoms with Crippen molar-refractivity contribution >= 4 is 11.7 Å². The summed E-state index contributed by atoms with van der Waals surface area (Å²) in [5.74, 6) is 0.500. The van der Waals surface area contributed by atoms with E-state index in [1.165, 1.54) is 24.8 Å². The number of nitrogens with one attached hydrogen (secondary N) is 2. The highest BCUT2D eigenvalue weighted by Crippen LogP contribution is 2.32. The van der Waals surface area contributed by atoms with Gasteiger partial charge in [0.25, 0.3) is 0 Å². The summed E-state index contributed by atoms with van der Waals surface area (Å²) in [5, 5.41) is 6.50. The number of hydrogen-bond acceptors (Lipinski definition) is 4. The van der Waals surface area contributed by atoms with E-state index in [9.17, 15) is 9.18 Å². The minimum Gasteiger partial charge on any atom is -0.496 e. The molecule has 0 spiro atoms. The second-order valence-corrected chi connectivity index (χ2v) is 7.84. The minimum atomic E-state index is -0.361. The molecular formula is C25H26FN3O2. The topological polar surface area (TPSA) is 63.2 Å². The highest BCUT2D eigenvalue weighted by atomic mass is 19.1. The summed E-state index contributed by atoms with van der Waals surface area (Å²) in [6.07, 6.45) is 4.27. The molecule has 1 aromatic heterocycles. The van der Waals surface area contributed by atoms with E-state index in [1.54, 1.807) is 18.3 Å². The Hall–Kier alpha value is -3.25. The van der Waals surface area contributed by atoms with Crippen LogP contribution in [-0.2, 0) is 11.3 Å². The van der Waals surface area contributed by atoms with Gasteiger partial charge in [-0.15, -0.1) is 0 Å². The largest absolute Gasteiger partial charge is 0.496 e. The summed E-state index contributed by atoms with van der Waals surface area (Å²) in [5.41, 5.74) is 2.79. The standard InChI is InChI=1S/C25H26FN3O2/c1-31-23-15-20(26)8-10-22(23)18-11-12-27-24(14-18)29-25(30)19-7-9-21(13-19)28-16-17-5-3-2-4-6-17/h2-6,8,10-12,14-15,19,21,28H,7,9,13,16H2,1H3,(H,27,29,30). The average Bonchev–Trinajstić information content (AvgIpc) is 3.28. The summed E-state index contributed by atoms with van der Waals surface area (Å²) in [6.45, 7) is 0.808. The monoisotopic (exact) mass is 419 g/mol. The van der Waals surface area contributed by atoms with Crippen LogP contribution in [0.5, 0.6) is 5.75 Å². The van der Waals surface area contributed by atoms with Crippen LogP contribution in [-0.4, -0.2) is 24.0 Å². The van der Waals surface area contributed by atoms with Crippen LogP contribution in [0.15, 0.2) is 66.9 Å². The SMILES string of the molecule is COc1cc(F)ccc1-c1ccnc(NC(=O)C2CCC(NCc3ccccc3)C2)c1. The van der Waals surface area contributed by atoms with Crippen molar-refractivity contribution < 1.29 is 13.9 Å². The summed E-state index contributed by atoms with van der Waals surface area (Å²) in [6, 6.07) is 18.6. The number of ether oxygens (including phenoxy) is 1. The van der Waals surface area contributed by atoms with Crippen LogP contribution in [0.4, 0.5) is 10.2 Å². The third-order valence-corrected chi connectivity index (χ3v) is 5.73. The Kier molecular flexibility index (Phi) is 6.57. The Morgan fingerprint density at radius 2 is 1.97 bits per heavy atom. The van der Waals surface area contributed by atoms with Gasteiger partial charge in [0.15, 0.2) is 0 Å². The number of carbonyl (C=O) groups excluding carboxylic acids is 1. The van der Waals surface area contributed by atoms with Crippen molar-refractivity contribution in [2.75, 3.05) is 12.4 Å². The van der Waals surface area contributed by atoms with Gasteiger partial charge in [-0.3, -0.25) is 4.79 Å². The van der Waals surface area contributed by atoms with Crippen molar-refractivity contribution in [3.05, 3.63) is 78.2 Å². The van der Waals surface area contributed by atoms with Crippen molar-refractivity contribution in [1.82, 2.24) is 10.3 Å². The fourth-order valence-electron chi connectivity index (χ4n) is 4.06. The number of hydrogen-bond donors (Lipinski definition) is 2. The van der Waals surface area contributed by atoms with Crippen molar-refractivity contribution in [2.45, 2.75) is 31.8 Å². The lowest BCUT2D eigenvalue weighted by Crippen LogP contribution is -2.28. The molecule has 1 heterocycles. The van der Waals surface area contributed by atoms with E-state index in [0.717, 1.165) is 36.9 Å². The van der Waals surface area contributed by atoms with Gasteiger partial charge in [0.2, 0.25) is 5.91 Å². The zero-order valence-electron chi connectivity index (χ0n) is 17.5. The first-order valence-corrected chi connectivity index (χ1v) is 10.5. The highest BCUT2D eigenvalue weighted by Gasteiger charge is 2.29. The molecule has 31 heavy (non-hydrogen) atoms. The molecule has 4 rings (SSSR count). The Bertz CT molecular complexity index is 1040. The van der Waals surface area contributed by atoms with Crippen LogP contribution in [0.1, 0.15) is 24.8 Å². The molecule has 1 amide bonds. The number of pyridine rings is 1. The van der Waals surface area contributed by atoms with Crippen LogP contribution in [0, 0.1) is 11.7 Å². The number of amides is 1. The Balaban J connectivity index is 1.36. The van der Waals surface area contributed by atoms with E-state index < -0.39 is 0 Å². The number of carbonyl (C=O) groups is 1. The number of rotatable bonds is 7. The van der Waals surface area contributed by atoms with E-state index in [2.05, 4.69) is 27.8 Å². The van der Waals surface area contributed by atoms with Gasteiger partial charge >= 0.3 is 0 Å². The van der Waals surface area contributed by atoms with Gasteiger partial charge in [-0.2, -0.15) is 0 Å². The first kappa shape index (κ1) is 21.0. The lowest BCUT2D eigenvalue weighted by atomic mass is 10.0. The van der Waals surface area contributed by atoms with Gasteiger partial charge < -0.3 is 15.4 Å². The summed E-state index contributed by atoms with van der Waals surface area (Å²) in [4.78, 5) is 17.1. The van der Waals surface area contributed by atoms with Gasteiger partial charge in [0.05, 0.1) is 7.11 Å². The van der Waals surface area contributed by atoms with Gasteiger partial charge in [-0.05, 0) is 54.7 Å². The molecule has 3 aromatic rings. The van der Waals surface area contributed by atoms with E-state index in [-0.39, 0.29) is 17.6 Å². The van der Waals surface area contributed by atoms with Gasteiger partial charge in [-0.1, -0.05) is 30.3 Å². The third kappa shape index (κ3) is 5.27. The zero-order valence-corrected chi connectivity index (χ0v) is 17.5. The first-order valence-electron chi connectivity index (χ1n) is 10.5. The molecule has 0 radical (unpaired) electrons. The second kappa shape index (κ2) is 9.71. The molecule has 2 unspecified atom stereocenters. The number of benzene rings is 2. The molecule has 5 nitrogen and oxygen atoms in total. The number of aromatic nitrogens is 1. The highest BCUT2D eigenvalue weighted by molar-refractivity contribution is 5.92. The van der Waals surface area contributed by atoms with E-state index >= 15 is 0 Å². The Morgan fingerprint density at radius 1 is 1.13 bits per heavy atom. The van der Waals surface area contributed by atoms with Crippen LogP contribution in [0.3, 0.4) is 0 Å². The predicted octanol–water partition coefficient (Wildman–Crippen LogP) is 4.79. The van der Waals surface area contributed by atoms with Crippen LogP contribution in [0.25, 0.3) is 11.1 Å². The van der Waals surface area contributed by atoms with Crippen molar-refractivity contribution in [3.63, 3.8) is 0 Å². The predicted molar refractivity (Wildman–Crippen MR) is 119 cm³/mol. The van der Waals surface area contributed by atoms with E-state index in [4.69, 9.17) is 4.74 Å². The van der Waals surface area contributed by atoms with Crippen LogP contribution in [0.2, 0.25) is 0 Å². The maximum atomic E-state index is 13.5. The van der Waals surface area contributed by atoms with Crippen molar-refractivity contribution in [2.24, 2.45) is 5.92 Å². The first-order chi connectivity index (χ1) is 15.1. The van der Waals surface area contributed by atoms with Crippen molar-refractivity contribution in [1.29, 1.82) is 0 Å². The smallest absolute Gasteiger partial charge is 0.228 e. The maximum absolute atomic E-state index is 13.5. The van der Waals surface area contributed by atoms with E-state index in [0.29, 0.717) is 17.6 Å². The number of methoxy groups -OCH3 is 1. The van der Waals surface area contributed by atoms with Crippen molar-refractivity contribution in [3.8, 4) is 16.9 Å². The molecule has 6 heteroatoms. The Morgan fingerprint density at radius 3 is 2.77 bits per heavy atom. The molecule has 1 aliphatic rings. The van der Waals surface area contributed by atoms with Gasteiger partial charge in [0.1, 0.15) is 17.4 Å². The molecule has 160 valence electrons. The van der Waals surface area contributed by atoms with Crippen LogP contribution < -0.4 is 15.4 Å². The van der Waals surface area contributed by atoms with Gasteiger partial charge in [0, 0.05) is 36.3 Å². The fourth-order valence-corrected chi connectivity index (χ4v) is 4.06. The summed E-state index contributed by atoms with van der Waals surface area (Å²) >= 11 is 0. The molecule has 2 aromatic carbocycles. The quantitative estimate of drug-likeness (QED) is 0.578. The minimum absolute atomic E-state index is 0.0141. The molecule has 2 N–H and O–H groups in total.